The summed E-state index contributed by atoms with van der Waals surface area (Å²) < 4.78 is 45.5. The molecule has 4 saturated carbocycles. The highest BCUT2D eigenvalue weighted by atomic mass is 16.5. The molecule has 8 rings (SSSR count). The molecule has 4 atom stereocenters. The van der Waals surface area contributed by atoms with Crippen LogP contribution < -0.4 is 18.9 Å². The highest BCUT2D eigenvalue weighted by Gasteiger charge is 2.32. The van der Waals surface area contributed by atoms with Crippen LogP contribution in [0, 0.1) is 0 Å². The van der Waals surface area contributed by atoms with Gasteiger partial charge in [0.1, 0.15) is 45.4 Å². The lowest BCUT2D eigenvalue weighted by atomic mass is 9.86. The van der Waals surface area contributed by atoms with Gasteiger partial charge in [0.05, 0.1) is 22.4 Å². The highest BCUT2D eigenvalue weighted by Crippen LogP contribution is 2.37. The number of ether oxygens (including phenoxy) is 8. The van der Waals surface area contributed by atoms with E-state index < -0.39 is 0 Å². The van der Waals surface area contributed by atoms with Crippen LogP contribution in [0.4, 0.5) is 0 Å². The van der Waals surface area contributed by atoms with Crippen molar-refractivity contribution < 1.29 is 37.9 Å². The third-order valence-electron chi connectivity index (χ3n) is 23.6. The van der Waals surface area contributed by atoms with Crippen molar-refractivity contribution in [3.63, 3.8) is 0 Å². The molecule has 0 radical (unpaired) electrons. The molecule has 0 amide bonds. The fourth-order valence-corrected chi connectivity index (χ4v) is 13.3. The van der Waals surface area contributed by atoms with Gasteiger partial charge in [0.2, 0.25) is 0 Å². The Morgan fingerprint density at radius 2 is 0.518 bits per heavy atom. The van der Waals surface area contributed by atoms with Gasteiger partial charge in [-0.15, -0.1) is 0 Å². The summed E-state index contributed by atoms with van der Waals surface area (Å²) in [5.41, 5.74) is 6.35. The van der Waals surface area contributed by atoms with Gasteiger partial charge in [-0.3, -0.25) is 0 Å². The monoisotopic (exact) mass is 1540 g/mol. The molecule has 4 aromatic carbocycles. The van der Waals surface area contributed by atoms with Crippen LogP contribution in [0.15, 0.2) is 97.1 Å². The zero-order chi connectivity index (χ0) is 85.1. The largest absolute Gasteiger partial charge is 0.488 e. The zero-order valence-corrected chi connectivity index (χ0v) is 80.0. The average Bonchev–Trinajstić information content (AvgIpc) is 1.59. The first-order chi connectivity index (χ1) is 52.1. The Labute approximate surface area is 687 Å². The van der Waals surface area contributed by atoms with E-state index in [1.165, 1.54) is 170 Å². The normalized spacial score (nSPS) is 16.6. The van der Waals surface area contributed by atoms with Crippen LogP contribution in [-0.4, -0.2) is 73.2 Å². The number of rotatable bonds is 28. The Morgan fingerprint density at radius 3 is 0.709 bits per heavy atom. The SMILES string of the molecule is CC.CC.CC.CC.CCC(C)(CC)OC.CCC(C)c1ccc(OC(C)(CC)CC)cc1.CCC(C)c1ccc(OC2(C)CCCC2)cc1.CCC(C)c1ccc(OC2(C)CCCCC2)cc1.CCCC(C)(C)OC.CCCC(C)(C)Oc1ccc(C(C)CC)cc1.COC1(C)CCCC1.COC1(C)CCCCC1. The van der Waals surface area contributed by atoms with Crippen LogP contribution >= 0.6 is 0 Å². The molecule has 110 heavy (non-hydrogen) atoms. The molecule has 4 aliphatic rings. The summed E-state index contributed by atoms with van der Waals surface area (Å²) in [6, 6.07) is 34.5. The van der Waals surface area contributed by atoms with E-state index in [0.29, 0.717) is 23.7 Å². The van der Waals surface area contributed by atoms with E-state index in [9.17, 15) is 0 Å². The first-order valence-corrected chi connectivity index (χ1v) is 45.5. The van der Waals surface area contributed by atoms with E-state index in [2.05, 4.69) is 263 Å². The Kier molecular flexibility index (Phi) is 64.5. The molecule has 0 heterocycles. The minimum absolute atomic E-state index is 0.0299. The van der Waals surface area contributed by atoms with Gasteiger partial charge in [-0.25, -0.2) is 0 Å². The van der Waals surface area contributed by atoms with Gasteiger partial charge >= 0.3 is 0 Å². The summed E-state index contributed by atoms with van der Waals surface area (Å²) in [4.78, 5) is 0. The molecule has 0 N–H and O–H groups in total. The van der Waals surface area contributed by atoms with Gasteiger partial charge in [0.15, 0.2) is 0 Å². The van der Waals surface area contributed by atoms with Crippen molar-refractivity contribution in [3.05, 3.63) is 119 Å². The molecule has 4 aromatic rings. The summed E-state index contributed by atoms with van der Waals surface area (Å²) in [6.45, 7) is 68.7. The number of hydrogen-bond donors (Lipinski definition) is 0. The second kappa shape index (κ2) is 63.2. The molecule has 8 nitrogen and oxygen atoms in total. The Bertz CT molecular complexity index is 2570. The Balaban J connectivity index is -0.000000587. The van der Waals surface area contributed by atoms with Gasteiger partial charge in [-0.2, -0.15) is 0 Å². The zero-order valence-electron chi connectivity index (χ0n) is 80.0. The fraction of sp³-hybridized carbons (Fsp3) is 0.765. The first-order valence-electron chi connectivity index (χ1n) is 45.5. The lowest BCUT2D eigenvalue weighted by Gasteiger charge is -2.34. The van der Waals surface area contributed by atoms with E-state index in [-0.39, 0.29) is 44.8 Å². The Hall–Kier alpha value is -4.08. The smallest absolute Gasteiger partial charge is 0.120 e. The molecule has 4 unspecified atom stereocenters. The number of benzene rings is 4. The molecule has 0 spiro atoms. The van der Waals surface area contributed by atoms with Gasteiger partial charge in [0.25, 0.3) is 0 Å². The highest BCUT2D eigenvalue weighted by molar-refractivity contribution is 5.33. The van der Waals surface area contributed by atoms with E-state index in [4.69, 9.17) is 37.9 Å². The molecule has 644 valence electrons. The van der Waals surface area contributed by atoms with E-state index in [1.54, 1.807) is 14.2 Å². The first kappa shape index (κ1) is 112. The molecule has 4 fully saturated rings. The predicted molar refractivity (Wildman–Crippen MR) is 489 cm³/mol. The van der Waals surface area contributed by atoms with Crippen LogP contribution in [0.3, 0.4) is 0 Å². The third kappa shape index (κ3) is 49.0. The van der Waals surface area contributed by atoms with Crippen molar-refractivity contribution in [2.24, 2.45) is 0 Å². The summed E-state index contributed by atoms with van der Waals surface area (Å²) >= 11 is 0. The van der Waals surface area contributed by atoms with Gasteiger partial charge in [0, 0.05) is 28.4 Å². The number of hydrogen-bond acceptors (Lipinski definition) is 8. The van der Waals surface area contributed by atoms with Crippen molar-refractivity contribution in [2.75, 3.05) is 28.4 Å². The maximum atomic E-state index is 6.21. The number of methoxy groups -OCH3 is 4. The maximum Gasteiger partial charge on any atom is 0.120 e. The van der Waals surface area contributed by atoms with Crippen LogP contribution in [0.25, 0.3) is 0 Å². The molecule has 0 aromatic heterocycles. The molecule has 8 heteroatoms. The van der Waals surface area contributed by atoms with Crippen molar-refractivity contribution >= 4 is 0 Å². The van der Waals surface area contributed by atoms with Crippen LogP contribution in [-0.2, 0) is 18.9 Å². The van der Waals surface area contributed by atoms with Crippen LogP contribution in [0.2, 0.25) is 0 Å². The lowest BCUT2D eigenvalue weighted by molar-refractivity contribution is -0.0232. The minimum Gasteiger partial charge on any atom is -0.488 e. The van der Waals surface area contributed by atoms with Crippen molar-refractivity contribution in [2.45, 2.75) is 483 Å². The molecule has 4 aliphatic carbocycles. The molecule has 0 bridgehead atoms. The molecular weight excluding hydrogens is 1350 g/mol. The predicted octanol–water partition coefficient (Wildman–Crippen LogP) is 33.4. The van der Waals surface area contributed by atoms with Crippen LogP contribution in [0.5, 0.6) is 23.0 Å². The van der Waals surface area contributed by atoms with Crippen molar-refractivity contribution in [1.29, 1.82) is 0 Å². The summed E-state index contributed by atoms with van der Waals surface area (Å²) in [5, 5.41) is 0. The van der Waals surface area contributed by atoms with Crippen molar-refractivity contribution in [1.82, 2.24) is 0 Å². The quantitative estimate of drug-likeness (QED) is 0.0557. The maximum absolute atomic E-state index is 6.21. The van der Waals surface area contributed by atoms with E-state index in [0.717, 1.165) is 67.9 Å². The topological polar surface area (TPSA) is 73.8 Å². The van der Waals surface area contributed by atoms with Crippen molar-refractivity contribution in [3.8, 4) is 23.0 Å². The van der Waals surface area contributed by atoms with Gasteiger partial charge < -0.3 is 37.9 Å². The summed E-state index contributed by atoms with van der Waals surface area (Å²) in [7, 11) is 7.17. The standard InChI is InChI=1S/C17H26O.C16H24O.2C16H26O.C8H16O.C7H14O.2C7H16O.4C2H6/c1-4-14(2)15-8-10-16(11-9-15)18-17(3)12-6-5-7-13-17;1-4-13(2)14-7-9-15(10-8-14)17-16(3)11-5-6-12-16;1-6-12-16(4,5)17-15-10-8-14(9-11-15)13(3)7-2;1-6-13(4)14-9-11-15(12-10-14)17-16(5,7-2)8-3;1-8(9-2)6-4-3-5-7-8;1-7(8-2)5-3-4-6-7;1-5-6-7(2,3)8-4;1-5-7(3,6-2)8-4;4*1-2/h8-11,14H,4-7,12-13H2,1-3H3;7-10,13H,4-6,11-12H2,1-3H3;8-11,13H,6-7,12H2,1-5H3;9-13H,6-8H2,1-5H3;3-7H2,1-2H3;3-6H2,1-2H3;2*5-6H2,1-4H3;4*1-2H3. The lowest BCUT2D eigenvalue weighted by Crippen LogP contribution is -2.34. The molecular formula is C102H188O8. The summed E-state index contributed by atoms with van der Waals surface area (Å²) in [5.74, 6) is 6.59. The Morgan fingerprint density at radius 1 is 0.291 bits per heavy atom. The van der Waals surface area contributed by atoms with Crippen LogP contribution in [0.1, 0.15) is 460 Å². The second-order valence-electron chi connectivity index (χ2n) is 33.4. The second-order valence-corrected chi connectivity index (χ2v) is 33.4. The van der Waals surface area contributed by atoms with Gasteiger partial charge in [-0.1, -0.05) is 252 Å². The average molecular weight is 1540 g/mol. The van der Waals surface area contributed by atoms with E-state index >= 15 is 0 Å². The van der Waals surface area contributed by atoms with Gasteiger partial charge in [-0.05, 0) is 305 Å². The van der Waals surface area contributed by atoms with E-state index in [1.807, 2.05) is 69.6 Å². The molecule has 0 saturated heterocycles. The third-order valence-corrected chi connectivity index (χ3v) is 23.6. The summed E-state index contributed by atoms with van der Waals surface area (Å²) in [6.07, 6.45) is 36.8. The minimum atomic E-state index is -0.0629. The molecule has 0 aliphatic heterocycles. The fourth-order valence-electron chi connectivity index (χ4n) is 13.3.